The third-order valence-corrected chi connectivity index (χ3v) is 3.33. The topological polar surface area (TPSA) is 29.9 Å². The molecular weight excluding hydrogens is 222 g/mol. The van der Waals surface area contributed by atoms with Crippen molar-refractivity contribution in [1.29, 1.82) is 0 Å². The van der Waals surface area contributed by atoms with E-state index in [0.29, 0.717) is 12.1 Å². The summed E-state index contributed by atoms with van der Waals surface area (Å²) in [5.74, 6) is 0. The molecule has 0 amide bonds. The van der Waals surface area contributed by atoms with E-state index in [4.69, 9.17) is 0 Å². The van der Waals surface area contributed by atoms with Gasteiger partial charge in [0, 0.05) is 24.5 Å². The number of nitrogens with one attached hydrogen (secondary N) is 1. The first-order valence-corrected chi connectivity index (χ1v) is 7.45. The Morgan fingerprint density at radius 1 is 1.11 bits per heavy atom. The first-order chi connectivity index (χ1) is 8.72. The zero-order chi connectivity index (χ0) is 13.2. The van der Waals surface area contributed by atoms with E-state index in [1.807, 2.05) is 23.1 Å². The number of hydrogen-bond acceptors (Lipinski definition) is 2. The molecule has 3 heteroatoms. The molecule has 0 aliphatic rings. The van der Waals surface area contributed by atoms with Crippen LogP contribution in [0.25, 0.3) is 0 Å². The summed E-state index contributed by atoms with van der Waals surface area (Å²) in [5.41, 5.74) is 0. The molecule has 0 spiro atoms. The van der Waals surface area contributed by atoms with Crippen molar-refractivity contribution in [3.05, 3.63) is 18.5 Å². The maximum absolute atomic E-state index is 4.24. The van der Waals surface area contributed by atoms with Crippen LogP contribution < -0.4 is 5.32 Å². The minimum absolute atomic E-state index is 0.482. The highest BCUT2D eigenvalue weighted by Gasteiger charge is 2.07. The standard InChI is InChI=1S/C15H29N3/c1-4-5-6-7-8-10-14(2)17-15(3)13-18-12-9-11-16-18/h9,11-12,14-15,17H,4-8,10,13H2,1-3H3. The second kappa shape index (κ2) is 9.15. The molecule has 1 N–H and O–H groups in total. The molecule has 0 radical (unpaired) electrons. The maximum atomic E-state index is 4.24. The van der Waals surface area contributed by atoms with Crippen LogP contribution in [-0.4, -0.2) is 21.9 Å². The Labute approximate surface area is 112 Å². The van der Waals surface area contributed by atoms with Crippen LogP contribution in [0, 0.1) is 0 Å². The van der Waals surface area contributed by atoms with E-state index in [0.717, 1.165) is 6.54 Å². The summed E-state index contributed by atoms with van der Waals surface area (Å²) in [4.78, 5) is 0. The van der Waals surface area contributed by atoms with Crippen molar-refractivity contribution in [3.63, 3.8) is 0 Å². The lowest BCUT2D eigenvalue weighted by molar-refractivity contribution is 0.386. The molecule has 1 rings (SSSR count). The lowest BCUT2D eigenvalue weighted by atomic mass is 10.1. The van der Waals surface area contributed by atoms with Crippen molar-refractivity contribution >= 4 is 0 Å². The van der Waals surface area contributed by atoms with E-state index in [9.17, 15) is 0 Å². The van der Waals surface area contributed by atoms with Gasteiger partial charge < -0.3 is 5.32 Å². The highest BCUT2D eigenvalue weighted by molar-refractivity contribution is 4.79. The number of hydrogen-bond donors (Lipinski definition) is 1. The molecule has 1 aromatic rings. The van der Waals surface area contributed by atoms with Gasteiger partial charge in [0.05, 0.1) is 6.54 Å². The molecule has 0 fully saturated rings. The fraction of sp³-hybridized carbons (Fsp3) is 0.800. The number of rotatable bonds is 10. The Morgan fingerprint density at radius 3 is 2.56 bits per heavy atom. The van der Waals surface area contributed by atoms with Gasteiger partial charge in [0.25, 0.3) is 0 Å². The number of nitrogens with zero attached hydrogens (tertiary/aromatic N) is 2. The lowest BCUT2D eigenvalue weighted by Gasteiger charge is -2.20. The summed E-state index contributed by atoms with van der Waals surface area (Å²) < 4.78 is 1.99. The van der Waals surface area contributed by atoms with Crippen molar-refractivity contribution in [2.75, 3.05) is 0 Å². The summed E-state index contributed by atoms with van der Waals surface area (Å²) in [6.07, 6.45) is 12.0. The molecule has 0 aliphatic heterocycles. The summed E-state index contributed by atoms with van der Waals surface area (Å²) >= 11 is 0. The minimum Gasteiger partial charge on any atom is -0.310 e. The van der Waals surface area contributed by atoms with Crippen LogP contribution in [0.4, 0.5) is 0 Å². The zero-order valence-corrected chi connectivity index (χ0v) is 12.2. The summed E-state index contributed by atoms with van der Waals surface area (Å²) in [7, 11) is 0. The first kappa shape index (κ1) is 15.2. The Bertz CT molecular complexity index is 282. The number of aromatic nitrogens is 2. The Hall–Kier alpha value is -0.830. The largest absolute Gasteiger partial charge is 0.310 e. The van der Waals surface area contributed by atoms with Crippen LogP contribution in [-0.2, 0) is 6.54 Å². The molecule has 0 aliphatic carbocycles. The van der Waals surface area contributed by atoms with Gasteiger partial charge in [-0.25, -0.2) is 0 Å². The fourth-order valence-electron chi connectivity index (χ4n) is 2.36. The van der Waals surface area contributed by atoms with Gasteiger partial charge in [0.2, 0.25) is 0 Å². The average Bonchev–Trinajstić information content (AvgIpc) is 2.81. The highest BCUT2D eigenvalue weighted by atomic mass is 15.3. The van der Waals surface area contributed by atoms with Crippen molar-refractivity contribution in [2.45, 2.75) is 77.9 Å². The Morgan fingerprint density at radius 2 is 1.89 bits per heavy atom. The normalized spacial score (nSPS) is 14.6. The molecule has 1 heterocycles. The second-order valence-electron chi connectivity index (χ2n) is 5.40. The van der Waals surface area contributed by atoms with Crippen LogP contribution in [0.1, 0.15) is 59.3 Å². The molecule has 1 aromatic heterocycles. The van der Waals surface area contributed by atoms with Gasteiger partial charge in [0.15, 0.2) is 0 Å². The second-order valence-corrected chi connectivity index (χ2v) is 5.40. The molecular formula is C15H29N3. The minimum atomic E-state index is 0.482. The first-order valence-electron chi connectivity index (χ1n) is 7.45. The molecule has 18 heavy (non-hydrogen) atoms. The average molecular weight is 251 g/mol. The van der Waals surface area contributed by atoms with Gasteiger partial charge in [-0.05, 0) is 26.3 Å². The third-order valence-electron chi connectivity index (χ3n) is 3.33. The molecule has 0 bridgehead atoms. The van der Waals surface area contributed by atoms with Crippen molar-refractivity contribution in [3.8, 4) is 0 Å². The predicted octanol–water partition coefficient (Wildman–Crippen LogP) is 3.61. The van der Waals surface area contributed by atoms with Crippen molar-refractivity contribution in [2.24, 2.45) is 0 Å². The molecule has 0 saturated carbocycles. The number of unbranched alkanes of at least 4 members (excludes halogenated alkanes) is 4. The molecule has 2 unspecified atom stereocenters. The monoisotopic (exact) mass is 251 g/mol. The van der Waals surface area contributed by atoms with Crippen LogP contribution in [0.2, 0.25) is 0 Å². The molecule has 104 valence electrons. The zero-order valence-electron chi connectivity index (χ0n) is 12.2. The van der Waals surface area contributed by atoms with Crippen LogP contribution in [0.5, 0.6) is 0 Å². The van der Waals surface area contributed by atoms with E-state index in [1.165, 1.54) is 38.5 Å². The van der Waals surface area contributed by atoms with Gasteiger partial charge in [-0.2, -0.15) is 5.10 Å². The van der Waals surface area contributed by atoms with Crippen LogP contribution in [0.15, 0.2) is 18.5 Å². The molecule has 0 aromatic carbocycles. The molecule has 2 atom stereocenters. The SMILES string of the molecule is CCCCCCCC(C)NC(C)Cn1cccn1. The van der Waals surface area contributed by atoms with Crippen molar-refractivity contribution in [1.82, 2.24) is 15.1 Å². The summed E-state index contributed by atoms with van der Waals surface area (Å²) in [6, 6.07) is 3.07. The van der Waals surface area contributed by atoms with E-state index in [-0.39, 0.29) is 0 Å². The van der Waals surface area contributed by atoms with Gasteiger partial charge >= 0.3 is 0 Å². The summed E-state index contributed by atoms with van der Waals surface area (Å²) in [6.45, 7) is 7.74. The third kappa shape index (κ3) is 6.80. The smallest absolute Gasteiger partial charge is 0.0560 e. The molecule has 3 nitrogen and oxygen atoms in total. The summed E-state index contributed by atoms with van der Waals surface area (Å²) in [5, 5.41) is 7.88. The Kier molecular flexibility index (Phi) is 7.74. The van der Waals surface area contributed by atoms with Crippen molar-refractivity contribution < 1.29 is 0 Å². The Balaban J connectivity index is 2.06. The van der Waals surface area contributed by atoms with E-state index >= 15 is 0 Å². The van der Waals surface area contributed by atoms with E-state index in [2.05, 4.69) is 31.2 Å². The van der Waals surface area contributed by atoms with Crippen LogP contribution in [0.3, 0.4) is 0 Å². The fourth-order valence-corrected chi connectivity index (χ4v) is 2.36. The van der Waals surface area contributed by atoms with Gasteiger partial charge in [-0.1, -0.05) is 39.0 Å². The predicted molar refractivity (Wildman–Crippen MR) is 77.7 cm³/mol. The lowest BCUT2D eigenvalue weighted by Crippen LogP contribution is -2.37. The van der Waals surface area contributed by atoms with Crippen LogP contribution >= 0.6 is 0 Å². The van der Waals surface area contributed by atoms with Gasteiger partial charge in [-0.15, -0.1) is 0 Å². The maximum Gasteiger partial charge on any atom is 0.0560 e. The van der Waals surface area contributed by atoms with Gasteiger partial charge in [0.1, 0.15) is 0 Å². The van der Waals surface area contributed by atoms with E-state index in [1.54, 1.807) is 0 Å². The molecule has 0 saturated heterocycles. The quantitative estimate of drug-likeness (QED) is 0.644. The van der Waals surface area contributed by atoms with E-state index < -0.39 is 0 Å². The highest BCUT2D eigenvalue weighted by Crippen LogP contribution is 2.07. The van der Waals surface area contributed by atoms with Gasteiger partial charge in [-0.3, -0.25) is 4.68 Å².